The summed E-state index contributed by atoms with van der Waals surface area (Å²) < 4.78 is 0. The van der Waals surface area contributed by atoms with Crippen molar-refractivity contribution in [2.75, 3.05) is 0 Å². The van der Waals surface area contributed by atoms with Crippen LogP contribution in [0.1, 0.15) is 29.3 Å². The molecule has 1 aliphatic carbocycles. The van der Waals surface area contributed by atoms with Gasteiger partial charge in [0.1, 0.15) is 16.2 Å². The van der Waals surface area contributed by atoms with Gasteiger partial charge in [0.05, 0.1) is 0 Å². The van der Waals surface area contributed by atoms with Crippen LogP contribution >= 0.6 is 34.7 Å². The third kappa shape index (κ3) is 3.12. The summed E-state index contributed by atoms with van der Waals surface area (Å²) in [4.78, 5) is 11.8. The second kappa shape index (κ2) is 6.42. The van der Waals surface area contributed by atoms with Crippen molar-refractivity contribution in [2.24, 2.45) is 5.92 Å². The molecule has 0 saturated carbocycles. The zero-order valence-electron chi connectivity index (χ0n) is 12.9. The first-order valence-corrected chi connectivity index (χ1v) is 10.0. The van der Waals surface area contributed by atoms with E-state index in [2.05, 4.69) is 29.0 Å². The predicted molar refractivity (Wildman–Crippen MR) is 99.6 cm³/mol. The number of halogens is 1. The van der Waals surface area contributed by atoms with Crippen molar-refractivity contribution < 1.29 is 0 Å². The van der Waals surface area contributed by atoms with Gasteiger partial charge in [-0.25, -0.2) is 9.97 Å². The largest absolute Gasteiger partial charge is 0.229 e. The lowest BCUT2D eigenvalue weighted by Gasteiger charge is -2.18. The summed E-state index contributed by atoms with van der Waals surface area (Å²) in [6.07, 6.45) is 5.34. The van der Waals surface area contributed by atoms with E-state index in [0.29, 0.717) is 0 Å². The monoisotopic (exact) mass is 360 g/mol. The van der Waals surface area contributed by atoms with Crippen molar-refractivity contribution in [3.63, 3.8) is 0 Å². The highest BCUT2D eigenvalue weighted by molar-refractivity contribution is 7.98. The van der Waals surface area contributed by atoms with Gasteiger partial charge in [0.15, 0.2) is 0 Å². The molecule has 0 bridgehead atoms. The predicted octanol–water partition coefficient (Wildman–Crippen LogP) is 5.76. The van der Waals surface area contributed by atoms with E-state index < -0.39 is 0 Å². The average Bonchev–Trinajstić information content (AvgIpc) is 2.92. The minimum absolute atomic E-state index is 0.782. The van der Waals surface area contributed by atoms with E-state index in [1.165, 1.54) is 40.7 Å². The molecule has 118 valence electrons. The lowest BCUT2D eigenvalue weighted by atomic mass is 9.89. The van der Waals surface area contributed by atoms with E-state index >= 15 is 0 Å². The normalized spacial score (nSPS) is 17.4. The van der Waals surface area contributed by atoms with Gasteiger partial charge in [-0.1, -0.05) is 30.7 Å². The molecule has 0 N–H and O–H groups in total. The van der Waals surface area contributed by atoms with Crippen LogP contribution in [0.25, 0.3) is 10.2 Å². The van der Waals surface area contributed by atoms with Crippen LogP contribution in [0, 0.1) is 5.92 Å². The zero-order valence-corrected chi connectivity index (χ0v) is 15.3. The number of hydrogen-bond acceptors (Lipinski definition) is 4. The number of aryl methyl sites for hydroxylation is 1. The van der Waals surface area contributed by atoms with E-state index in [9.17, 15) is 0 Å². The van der Waals surface area contributed by atoms with E-state index in [4.69, 9.17) is 11.6 Å². The second-order valence-electron chi connectivity index (χ2n) is 6.13. The Balaban J connectivity index is 1.66. The molecular formula is C18H17ClN2S2. The highest BCUT2D eigenvalue weighted by Crippen LogP contribution is 2.41. The van der Waals surface area contributed by atoms with Gasteiger partial charge in [-0.05, 0) is 48.4 Å². The molecular weight excluding hydrogens is 344 g/mol. The van der Waals surface area contributed by atoms with Crippen LogP contribution in [0.2, 0.25) is 5.02 Å². The highest BCUT2D eigenvalue weighted by atomic mass is 35.5. The summed E-state index contributed by atoms with van der Waals surface area (Å²) in [5.74, 6) is 1.69. The van der Waals surface area contributed by atoms with Crippen LogP contribution in [0.15, 0.2) is 35.6 Å². The molecule has 2 nitrogen and oxygen atoms in total. The van der Waals surface area contributed by atoms with Gasteiger partial charge in [-0.2, -0.15) is 0 Å². The van der Waals surface area contributed by atoms with Crippen LogP contribution in [0.3, 0.4) is 0 Å². The molecule has 2 aromatic heterocycles. The second-order valence-corrected chi connectivity index (χ2v) is 8.61. The summed E-state index contributed by atoms with van der Waals surface area (Å²) in [7, 11) is 0. The van der Waals surface area contributed by atoms with Crippen LogP contribution in [0.5, 0.6) is 0 Å². The molecule has 4 rings (SSSR count). The number of thioether (sulfide) groups is 1. The Morgan fingerprint density at radius 1 is 1.26 bits per heavy atom. The summed E-state index contributed by atoms with van der Waals surface area (Å²) in [6.45, 7) is 2.34. The molecule has 0 unspecified atom stereocenters. The van der Waals surface area contributed by atoms with Gasteiger partial charge in [0.25, 0.3) is 0 Å². The van der Waals surface area contributed by atoms with Gasteiger partial charge >= 0.3 is 0 Å². The maximum absolute atomic E-state index is 5.96. The van der Waals surface area contributed by atoms with Crippen molar-refractivity contribution in [3.8, 4) is 0 Å². The minimum Gasteiger partial charge on any atom is -0.229 e. The van der Waals surface area contributed by atoms with E-state index in [0.717, 1.165) is 26.5 Å². The Morgan fingerprint density at radius 2 is 2.09 bits per heavy atom. The van der Waals surface area contributed by atoms with E-state index in [1.807, 2.05) is 23.5 Å². The molecule has 3 aromatic rings. The van der Waals surface area contributed by atoms with Crippen molar-refractivity contribution in [3.05, 3.63) is 51.6 Å². The van der Waals surface area contributed by atoms with Crippen LogP contribution in [-0.2, 0) is 18.6 Å². The smallest absolute Gasteiger partial charge is 0.128 e. The summed E-state index contributed by atoms with van der Waals surface area (Å²) in [5.41, 5.74) is 2.77. The molecule has 23 heavy (non-hydrogen) atoms. The quantitative estimate of drug-likeness (QED) is 0.438. The number of benzene rings is 1. The Hall–Kier alpha value is -1.10. The highest BCUT2D eigenvalue weighted by Gasteiger charge is 2.23. The van der Waals surface area contributed by atoms with Crippen LogP contribution < -0.4 is 0 Å². The standard InChI is InChI=1S/C18H17ClN2S2/c1-11-2-7-14-15(8-11)23-18-16(14)17(20-10-21-18)22-9-12-3-5-13(19)6-4-12/h3-6,10-11H,2,7-9H2,1H3/t11-/m0/s1. The molecule has 0 spiro atoms. The van der Waals surface area contributed by atoms with Crippen LogP contribution in [0.4, 0.5) is 0 Å². The SMILES string of the molecule is C[C@H]1CCc2c(sc3ncnc(SCc4ccc(Cl)cc4)c23)C1. The topological polar surface area (TPSA) is 25.8 Å². The molecule has 1 aliphatic rings. The Kier molecular flexibility index (Phi) is 4.31. The number of aromatic nitrogens is 2. The minimum atomic E-state index is 0.782. The maximum atomic E-state index is 5.96. The Bertz CT molecular complexity index is 842. The summed E-state index contributed by atoms with van der Waals surface area (Å²) in [5, 5.41) is 3.21. The van der Waals surface area contributed by atoms with Crippen molar-refractivity contribution in [2.45, 2.75) is 37.0 Å². The molecule has 1 aromatic carbocycles. The lowest BCUT2D eigenvalue weighted by Crippen LogP contribution is -2.08. The number of thiophene rings is 1. The molecule has 0 amide bonds. The zero-order chi connectivity index (χ0) is 15.8. The number of fused-ring (bicyclic) bond motifs is 3. The molecule has 5 heteroatoms. The average molecular weight is 361 g/mol. The maximum Gasteiger partial charge on any atom is 0.128 e. The third-order valence-corrected chi connectivity index (χ3v) is 6.82. The van der Waals surface area contributed by atoms with Gasteiger partial charge in [0, 0.05) is 21.0 Å². The third-order valence-electron chi connectivity index (χ3n) is 4.35. The number of nitrogens with zero attached hydrogens (tertiary/aromatic N) is 2. The van der Waals surface area contributed by atoms with Gasteiger partial charge in [-0.3, -0.25) is 0 Å². The fourth-order valence-electron chi connectivity index (χ4n) is 3.09. The molecule has 2 heterocycles. The fourth-order valence-corrected chi connectivity index (χ4v) is 5.61. The molecule has 0 saturated heterocycles. The van der Waals surface area contributed by atoms with E-state index in [1.54, 1.807) is 18.1 Å². The van der Waals surface area contributed by atoms with Crippen molar-refractivity contribution in [1.82, 2.24) is 9.97 Å². The van der Waals surface area contributed by atoms with Crippen molar-refractivity contribution in [1.29, 1.82) is 0 Å². The first-order valence-electron chi connectivity index (χ1n) is 7.83. The van der Waals surface area contributed by atoms with Crippen molar-refractivity contribution >= 4 is 44.9 Å². The van der Waals surface area contributed by atoms with Gasteiger partial charge in [0.2, 0.25) is 0 Å². The first kappa shape index (κ1) is 15.4. The molecule has 0 aliphatic heterocycles. The van der Waals surface area contributed by atoms with E-state index in [-0.39, 0.29) is 0 Å². The summed E-state index contributed by atoms with van der Waals surface area (Å²) >= 11 is 9.62. The molecule has 0 radical (unpaired) electrons. The lowest BCUT2D eigenvalue weighted by molar-refractivity contribution is 0.509. The summed E-state index contributed by atoms with van der Waals surface area (Å²) in [6, 6.07) is 8.05. The van der Waals surface area contributed by atoms with Gasteiger partial charge < -0.3 is 0 Å². The van der Waals surface area contributed by atoms with Crippen LogP contribution in [-0.4, -0.2) is 9.97 Å². The Morgan fingerprint density at radius 3 is 2.91 bits per heavy atom. The van der Waals surface area contributed by atoms with Gasteiger partial charge in [-0.15, -0.1) is 23.1 Å². The first-order chi connectivity index (χ1) is 11.2. The molecule has 0 fully saturated rings. The molecule has 1 atom stereocenters. The fraction of sp³-hybridized carbons (Fsp3) is 0.333. The Labute approximate surface area is 149 Å². The number of hydrogen-bond donors (Lipinski definition) is 0. The number of rotatable bonds is 3.